The molecule has 1 fully saturated rings. The van der Waals surface area contributed by atoms with E-state index in [1.54, 1.807) is 12.1 Å². The van der Waals surface area contributed by atoms with Crippen molar-refractivity contribution in [3.8, 4) is 11.5 Å². The van der Waals surface area contributed by atoms with E-state index in [1.165, 1.54) is 30.2 Å². The van der Waals surface area contributed by atoms with Gasteiger partial charge in [-0.1, -0.05) is 30.7 Å². The van der Waals surface area contributed by atoms with Crippen molar-refractivity contribution in [2.45, 2.75) is 32.2 Å². The number of aromatic amines is 1. The van der Waals surface area contributed by atoms with E-state index in [0.29, 0.717) is 0 Å². The molecule has 0 amide bonds. The fourth-order valence-electron chi connectivity index (χ4n) is 4.10. The summed E-state index contributed by atoms with van der Waals surface area (Å²) in [5.41, 5.74) is 4.58. The van der Waals surface area contributed by atoms with Crippen LogP contribution in [0.5, 0.6) is 11.5 Å². The second-order valence-electron chi connectivity index (χ2n) is 6.96. The molecule has 0 aliphatic carbocycles. The second kappa shape index (κ2) is 6.45. The average Bonchev–Trinajstić information content (AvgIpc) is 2.95. The van der Waals surface area contributed by atoms with Crippen LogP contribution in [0, 0.1) is 6.92 Å². The predicted molar refractivity (Wildman–Crippen MR) is 100 cm³/mol. The maximum absolute atomic E-state index is 10.1. The minimum absolute atomic E-state index is 0.0583. The van der Waals surface area contributed by atoms with Crippen LogP contribution in [0.1, 0.15) is 42.1 Å². The van der Waals surface area contributed by atoms with Crippen molar-refractivity contribution in [3.63, 3.8) is 0 Å². The number of phenolic OH excluding ortho intramolecular Hbond substituents is 2. The number of aryl methyl sites for hydroxylation is 1. The first-order chi connectivity index (χ1) is 12.1. The number of nitrogens with zero attached hydrogens (tertiary/aromatic N) is 1. The molecule has 3 aromatic rings. The van der Waals surface area contributed by atoms with E-state index in [9.17, 15) is 10.2 Å². The van der Waals surface area contributed by atoms with Gasteiger partial charge in [0.1, 0.15) is 0 Å². The molecule has 0 radical (unpaired) electrons. The number of fused-ring (bicyclic) bond motifs is 1. The SMILES string of the molecule is Cc1[nH]c2ccccc2c1C(c1ccc(O)c(O)c1)N1CCCCC1. The van der Waals surface area contributed by atoms with Gasteiger partial charge < -0.3 is 15.2 Å². The Labute approximate surface area is 147 Å². The molecular formula is C21H24N2O2. The van der Waals surface area contributed by atoms with Crippen LogP contribution in [0.2, 0.25) is 0 Å². The maximum atomic E-state index is 10.1. The summed E-state index contributed by atoms with van der Waals surface area (Å²) >= 11 is 0. The Morgan fingerprint density at radius 2 is 1.72 bits per heavy atom. The number of hydrogen-bond donors (Lipinski definition) is 3. The van der Waals surface area contributed by atoms with Gasteiger partial charge in [0.2, 0.25) is 0 Å². The topological polar surface area (TPSA) is 59.5 Å². The van der Waals surface area contributed by atoms with Gasteiger partial charge in [-0.2, -0.15) is 0 Å². The standard InChI is InChI=1S/C21H24N2O2/c1-14-20(16-7-3-4-8-17(16)22-14)21(23-11-5-2-6-12-23)15-9-10-18(24)19(25)13-15/h3-4,7-10,13,21-22,24-25H,2,5-6,11-12H2,1H3. The van der Waals surface area contributed by atoms with Crippen LogP contribution < -0.4 is 0 Å². The Morgan fingerprint density at radius 3 is 2.48 bits per heavy atom. The number of nitrogens with one attached hydrogen (secondary N) is 1. The molecule has 2 heterocycles. The van der Waals surface area contributed by atoms with Crippen LogP contribution in [0.4, 0.5) is 0 Å². The number of likely N-dealkylation sites (tertiary alicyclic amines) is 1. The summed E-state index contributed by atoms with van der Waals surface area (Å²) < 4.78 is 0. The number of rotatable bonds is 3. The van der Waals surface area contributed by atoms with Crippen molar-refractivity contribution >= 4 is 10.9 Å². The van der Waals surface area contributed by atoms with Gasteiger partial charge in [0.25, 0.3) is 0 Å². The Bertz CT molecular complexity index is 894. The third-order valence-corrected chi connectivity index (χ3v) is 5.29. The van der Waals surface area contributed by atoms with Gasteiger partial charge in [-0.3, -0.25) is 4.90 Å². The quantitative estimate of drug-likeness (QED) is 0.619. The number of para-hydroxylation sites is 1. The number of piperidine rings is 1. The molecule has 4 heteroatoms. The molecule has 130 valence electrons. The van der Waals surface area contributed by atoms with Gasteiger partial charge >= 0.3 is 0 Å². The second-order valence-corrected chi connectivity index (χ2v) is 6.96. The summed E-state index contributed by atoms with van der Waals surface area (Å²) in [7, 11) is 0. The first kappa shape index (κ1) is 16.0. The highest BCUT2D eigenvalue weighted by atomic mass is 16.3. The lowest BCUT2D eigenvalue weighted by Crippen LogP contribution is -2.34. The van der Waals surface area contributed by atoms with Gasteiger partial charge in [0.05, 0.1) is 6.04 Å². The van der Waals surface area contributed by atoms with E-state index in [-0.39, 0.29) is 17.5 Å². The molecule has 4 nitrogen and oxygen atoms in total. The van der Waals surface area contributed by atoms with Gasteiger partial charge in [0, 0.05) is 22.2 Å². The van der Waals surface area contributed by atoms with Crippen molar-refractivity contribution in [2.24, 2.45) is 0 Å². The van der Waals surface area contributed by atoms with Crippen LogP contribution in [0.25, 0.3) is 10.9 Å². The number of H-pyrrole nitrogens is 1. The molecular weight excluding hydrogens is 312 g/mol. The van der Waals surface area contributed by atoms with Gasteiger partial charge in [-0.25, -0.2) is 0 Å². The van der Waals surface area contributed by atoms with E-state index < -0.39 is 0 Å². The van der Waals surface area contributed by atoms with Crippen LogP contribution in [-0.4, -0.2) is 33.2 Å². The van der Waals surface area contributed by atoms with Crippen LogP contribution in [-0.2, 0) is 0 Å². The number of aromatic nitrogens is 1. The van der Waals surface area contributed by atoms with Gasteiger partial charge in [-0.15, -0.1) is 0 Å². The predicted octanol–water partition coefficient (Wildman–Crippen LogP) is 4.46. The lowest BCUT2D eigenvalue weighted by molar-refractivity contribution is 0.187. The molecule has 3 N–H and O–H groups in total. The van der Waals surface area contributed by atoms with Crippen molar-refractivity contribution in [2.75, 3.05) is 13.1 Å². The summed E-state index contributed by atoms with van der Waals surface area (Å²) in [4.78, 5) is 6.00. The average molecular weight is 336 g/mol. The molecule has 1 saturated heterocycles. The van der Waals surface area contributed by atoms with Gasteiger partial charge in [-0.05, 0) is 56.6 Å². The summed E-state index contributed by atoms with van der Waals surface area (Å²) in [5.74, 6) is -0.131. The molecule has 2 aromatic carbocycles. The molecule has 25 heavy (non-hydrogen) atoms. The normalized spacial score (nSPS) is 17.0. The summed E-state index contributed by atoms with van der Waals surface area (Å²) in [5, 5.41) is 21.0. The zero-order valence-corrected chi connectivity index (χ0v) is 14.5. The van der Waals surface area contributed by atoms with Gasteiger partial charge in [0.15, 0.2) is 11.5 Å². The Hall–Kier alpha value is -2.46. The Balaban J connectivity index is 1.89. The summed E-state index contributed by atoms with van der Waals surface area (Å²) in [6, 6.07) is 13.7. The van der Waals surface area contributed by atoms with Crippen molar-refractivity contribution in [3.05, 3.63) is 59.3 Å². The molecule has 0 bridgehead atoms. The Kier molecular flexibility index (Phi) is 4.14. The molecule has 1 aliphatic rings. The van der Waals surface area contributed by atoms with Crippen LogP contribution in [0.15, 0.2) is 42.5 Å². The monoisotopic (exact) mass is 336 g/mol. The van der Waals surface area contributed by atoms with E-state index >= 15 is 0 Å². The number of aromatic hydroxyl groups is 2. The molecule has 0 spiro atoms. The minimum atomic E-state index is -0.0724. The number of phenols is 2. The Morgan fingerprint density at radius 1 is 0.960 bits per heavy atom. The summed E-state index contributed by atoms with van der Waals surface area (Å²) in [6.45, 7) is 4.21. The van der Waals surface area contributed by atoms with E-state index in [4.69, 9.17) is 0 Å². The zero-order chi connectivity index (χ0) is 17.4. The van der Waals surface area contributed by atoms with Crippen molar-refractivity contribution < 1.29 is 10.2 Å². The zero-order valence-electron chi connectivity index (χ0n) is 14.5. The van der Waals surface area contributed by atoms with E-state index in [0.717, 1.165) is 29.9 Å². The van der Waals surface area contributed by atoms with E-state index in [2.05, 4.69) is 35.0 Å². The van der Waals surface area contributed by atoms with Crippen molar-refractivity contribution in [1.29, 1.82) is 0 Å². The fraction of sp³-hybridized carbons (Fsp3) is 0.333. The fourth-order valence-corrected chi connectivity index (χ4v) is 4.10. The first-order valence-electron chi connectivity index (χ1n) is 8.98. The summed E-state index contributed by atoms with van der Waals surface area (Å²) in [6.07, 6.45) is 3.67. The molecule has 0 saturated carbocycles. The smallest absolute Gasteiger partial charge is 0.157 e. The molecule has 1 unspecified atom stereocenters. The highest BCUT2D eigenvalue weighted by Gasteiger charge is 2.28. The first-order valence-corrected chi connectivity index (χ1v) is 8.98. The molecule has 1 atom stereocenters. The molecule has 1 aromatic heterocycles. The molecule has 1 aliphatic heterocycles. The van der Waals surface area contributed by atoms with Crippen LogP contribution >= 0.6 is 0 Å². The third-order valence-electron chi connectivity index (χ3n) is 5.29. The third kappa shape index (κ3) is 2.87. The largest absolute Gasteiger partial charge is 0.504 e. The number of hydrogen-bond acceptors (Lipinski definition) is 3. The van der Waals surface area contributed by atoms with E-state index in [1.807, 2.05) is 12.1 Å². The highest BCUT2D eigenvalue weighted by Crippen LogP contribution is 2.39. The lowest BCUT2D eigenvalue weighted by atomic mass is 9.92. The van der Waals surface area contributed by atoms with Crippen molar-refractivity contribution in [1.82, 2.24) is 9.88 Å². The maximum Gasteiger partial charge on any atom is 0.157 e. The molecule has 4 rings (SSSR count). The highest BCUT2D eigenvalue weighted by molar-refractivity contribution is 5.85. The minimum Gasteiger partial charge on any atom is -0.504 e. The number of benzene rings is 2. The lowest BCUT2D eigenvalue weighted by Gasteiger charge is -2.35. The van der Waals surface area contributed by atoms with Crippen LogP contribution in [0.3, 0.4) is 0 Å².